The lowest BCUT2D eigenvalue weighted by molar-refractivity contribution is -0.125. The topological polar surface area (TPSA) is 95.1 Å². The zero-order valence-electron chi connectivity index (χ0n) is 15.9. The molecule has 2 aromatic rings. The van der Waals surface area contributed by atoms with E-state index in [0.29, 0.717) is 18.3 Å². The smallest absolute Gasteiger partial charge is 0.246 e. The summed E-state index contributed by atoms with van der Waals surface area (Å²) in [5, 5.41) is 3.47. The number of aromatic nitrogens is 3. The molecule has 2 heterocycles. The Morgan fingerprint density at radius 2 is 2.12 bits per heavy atom. The number of amides is 1. The number of carbonyl (C=O) groups excluding carboxylic acids is 1. The highest BCUT2D eigenvalue weighted by Gasteiger charge is 2.13. The van der Waals surface area contributed by atoms with Crippen molar-refractivity contribution in [1.29, 1.82) is 0 Å². The molecule has 0 atom stereocenters. The third-order valence-electron chi connectivity index (χ3n) is 3.86. The SMILES string of the molecule is CC(C)CCOCC(=O)NCC#Cc1cn(C(C)C)c2ncnc(N)c12. The van der Waals surface area contributed by atoms with Crippen LogP contribution in [0.4, 0.5) is 5.82 Å². The monoisotopic (exact) mass is 357 g/mol. The van der Waals surface area contributed by atoms with Gasteiger partial charge in [-0.15, -0.1) is 0 Å². The van der Waals surface area contributed by atoms with Crippen LogP contribution < -0.4 is 11.1 Å². The Morgan fingerprint density at radius 1 is 1.35 bits per heavy atom. The fourth-order valence-electron chi connectivity index (χ4n) is 2.41. The molecule has 140 valence electrons. The van der Waals surface area contributed by atoms with E-state index in [-0.39, 0.29) is 25.1 Å². The summed E-state index contributed by atoms with van der Waals surface area (Å²) in [4.78, 5) is 20.1. The molecule has 0 unspecified atom stereocenters. The van der Waals surface area contributed by atoms with Crippen LogP contribution in [-0.2, 0) is 9.53 Å². The molecule has 0 aliphatic carbocycles. The van der Waals surface area contributed by atoms with Gasteiger partial charge in [0.1, 0.15) is 24.4 Å². The van der Waals surface area contributed by atoms with Gasteiger partial charge in [-0.1, -0.05) is 25.7 Å². The van der Waals surface area contributed by atoms with Gasteiger partial charge in [-0.05, 0) is 26.2 Å². The van der Waals surface area contributed by atoms with Crippen molar-refractivity contribution in [3.63, 3.8) is 0 Å². The maximum atomic E-state index is 11.7. The maximum Gasteiger partial charge on any atom is 0.246 e. The molecule has 7 nitrogen and oxygen atoms in total. The van der Waals surface area contributed by atoms with E-state index >= 15 is 0 Å². The van der Waals surface area contributed by atoms with Crippen molar-refractivity contribution < 1.29 is 9.53 Å². The first kappa shape index (κ1) is 19.7. The van der Waals surface area contributed by atoms with E-state index < -0.39 is 0 Å². The molecule has 1 amide bonds. The predicted octanol–water partition coefficient (Wildman–Crippen LogP) is 2.12. The number of nitrogens with zero attached hydrogens (tertiary/aromatic N) is 3. The third-order valence-corrected chi connectivity index (χ3v) is 3.86. The van der Waals surface area contributed by atoms with Crippen molar-refractivity contribution in [3.05, 3.63) is 18.1 Å². The van der Waals surface area contributed by atoms with Gasteiger partial charge in [0.25, 0.3) is 0 Å². The lowest BCUT2D eigenvalue weighted by Gasteiger charge is -2.07. The zero-order valence-corrected chi connectivity index (χ0v) is 15.9. The lowest BCUT2D eigenvalue weighted by Crippen LogP contribution is -2.28. The van der Waals surface area contributed by atoms with E-state index in [9.17, 15) is 4.79 Å². The van der Waals surface area contributed by atoms with Gasteiger partial charge in [0.05, 0.1) is 17.5 Å². The summed E-state index contributed by atoms with van der Waals surface area (Å²) in [6.07, 6.45) is 4.31. The Kier molecular flexibility index (Phi) is 6.98. The van der Waals surface area contributed by atoms with E-state index in [1.165, 1.54) is 6.33 Å². The number of nitrogen functional groups attached to an aromatic ring is 1. The number of hydrogen-bond donors (Lipinski definition) is 2. The number of ether oxygens (including phenoxy) is 1. The van der Waals surface area contributed by atoms with Crippen LogP contribution in [0.5, 0.6) is 0 Å². The average Bonchev–Trinajstić information content (AvgIpc) is 2.96. The normalized spacial score (nSPS) is 11.0. The molecule has 0 aromatic carbocycles. The molecule has 0 saturated carbocycles. The fraction of sp³-hybridized carbons (Fsp3) is 0.526. The molecule has 0 radical (unpaired) electrons. The fourth-order valence-corrected chi connectivity index (χ4v) is 2.41. The van der Waals surface area contributed by atoms with Crippen molar-refractivity contribution >= 4 is 22.8 Å². The predicted molar refractivity (Wildman–Crippen MR) is 102 cm³/mol. The van der Waals surface area contributed by atoms with Crippen LogP contribution >= 0.6 is 0 Å². The zero-order chi connectivity index (χ0) is 19.1. The van der Waals surface area contributed by atoms with Crippen LogP contribution in [0.1, 0.15) is 45.7 Å². The Hall–Kier alpha value is -2.59. The summed E-state index contributed by atoms with van der Waals surface area (Å²) in [6.45, 7) is 9.25. The Bertz CT molecular complexity index is 814. The van der Waals surface area contributed by atoms with Gasteiger partial charge in [-0.2, -0.15) is 0 Å². The molecular formula is C19H27N5O2. The molecule has 0 aliphatic heterocycles. The summed E-state index contributed by atoms with van der Waals surface area (Å²) in [5.41, 5.74) is 7.52. The van der Waals surface area contributed by atoms with Crippen LogP contribution in [0.15, 0.2) is 12.5 Å². The van der Waals surface area contributed by atoms with Gasteiger partial charge in [0.15, 0.2) is 0 Å². The number of nitrogens with one attached hydrogen (secondary N) is 1. The van der Waals surface area contributed by atoms with Gasteiger partial charge >= 0.3 is 0 Å². The van der Waals surface area contributed by atoms with Gasteiger partial charge in [0, 0.05) is 18.8 Å². The third kappa shape index (κ3) is 5.20. The van der Waals surface area contributed by atoms with Crippen molar-refractivity contribution in [1.82, 2.24) is 19.9 Å². The van der Waals surface area contributed by atoms with Crippen molar-refractivity contribution in [2.45, 2.75) is 40.2 Å². The minimum atomic E-state index is -0.171. The highest BCUT2D eigenvalue weighted by molar-refractivity contribution is 5.92. The Labute approximate surface area is 154 Å². The van der Waals surface area contributed by atoms with Crippen LogP contribution in [0.2, 0.25) is 0 Å². The number of anilines is 1. The number of hydrogen-bond acceptors (Lipinski definition) is 5. The lowest BCUT2D eigenvalue weighted by atomic mass is 10.1. The van der Waals surface area contributed by atoms with Gasteiger partial charge in [0.2, 0.25) is 5.91 Å². The van der Waals surface area contributed by atoms with Crippen LogP contribution in [0.25, 0.3) is 11.0 Å². The van der Waals surface area contributed by atoms with Crippen LogP contribution in [0, 0.1) is 17.8 Å². The highest BCUT2D eigenvalue weighted by atomic mass is 16.5. The Balaban J connectivity index is 1.97. The van der Waals surface area contributed by atoms with Crippen LogP contribution in [-0.4, -0.2) is 40.2 Å². The molecule has 0 bridgehead atoms. The molecule has 0 aliphatic rings. The van der Waals surface area contributed by atoms with Gasteiger partial charge in [-0.25, -0.2) is 9.97 Å². The van der Waals surface area contributed by atoms with Crippen molar-refractivity contribution in [3.8, 4) is 11.8 Å². The number of rotatable bonds is 7. The molecule has 0 saturated heterocycles. The minimum Gasteiger partial charge on any atom is -0.383 e. The van der Waals surface area contributed by atoms with E-state index in [2.05, 4.69) is 54.8 Å². The molecule has 7 heteroatoms. The van der Waals surface area contributed by atoms with Crippen molar-refractivity contribution in [2.75, 3.05) is 25.5 Å². The minimum absolute atomic E-state index is 0.0574. The summed E-state index contributed by atoms with van der Waals surface area (Å²) in [6, 6.07) is 0.227. The summed E-state index contributed by atoms with van der Waals surface area (Å²) >= 11 is 0. The Morgan fingerprint density at radius 3 is 2.81 bits per heavy atom. The van der Waals surface area contributed by atoms with Gasteiger partial charge in [-0.3, -0.25) is 4.79 Å². The van der Waals surface area contributed by atoms with Gasteiger partial charge < -0.3 is 20.4 Å². The molecule has 2 rings (SSSR count). The largest absolute Gasteiger partial charge is 0.383 e. The second-order valence-electron chi connectivity index (χ2n) is 6.81. The first-order valence-corrected chi connectivity index (χ1v) is 8.84. The molecular weight excluding hydrogens is 330 g/mol. The second-order valence-corrected chi connectivity index (χ2v) is 6.81. The van der Waals surface area contributed by atoms with E-state index in [1.807, 2.05) is 10.8 Å². The number of nitrogens with two attached hydrogens (primary N) is 1. The maximum absolute atomic E-state index is 11.7. The summed E-state index contributed by atoms with van der Waals surface area (Å²) < 4.78 is 7.34. The van der Waals surface area contributed by atoms with Crippen molar-refractivity contribution in [2.24, 2.45) is 5.92 Å². The number of fused-ring (bicyclic) bond motifs is 1. The standard InChI is InChI=1S/C19H27N5O2/c1-13(2)7-9-26-11-16(25)21-8-5-6-15-10-24(14(3)4)19-17(15)18(20)22-12-23-19/h10,12-14H,7-9,11H2,1-4H3,(H,21,25)(H2,20,22,23). The quantitative estimate of drug-likeness (QED) is 0.585. The summed E-state index contributed by atoms with van der Waals surface area (Å²) in [7, 11) is 0. The second kappa shape index (κ2) is 9.20. The van der Waals surface area contributed by atoms with E-state index in [0.717, 1.165) is 23.0 Å². The number of carbonyl (C=O) groups is 1. The van der Waals surface area contributed by atoms with E-state index in [1.54, 1.807) is 0 Å². The molecule has 0 spiro atoms. The first-order valence-electron chi connectivity index (χ1n) is 8.84. The summed E-state index contributed by atoms with van der Waals surface area (Å²) in [5.74, 6) is 6.80. The highest BCUT2D eigenvalue weighted by Crippen LogP contribution is 2.25. The first-order chi connectivity index (χ1) is 12.4. The van der Waals surface area contributed by atoms with E-state index in [4.69, 9.17) is 10.5 Å². The van der Waals surface area contributed by atoms with Crippen LogP contribution in [0.3, 0.4) is 0 Å². The molecule has 3 N–H and O–H groups in total. The molecule has 0 fully saturated rings. The molecule has 2 aromatic heterocycles. The molecule has 26 heavy (non-hydrogen) atoms. The average molecular weight is 357 g/mol.